The fourth-order valence-corrected chi connectivity index (χ4v) is 8.73. The first-order chi connectivity index (χ1) is 26.7. The van der Waals surface area contributed by atoms with Crippen molar-refractivity contribution in [1.29, 1.82) is 5.26 Å². The average molecular weight is 688 g/mol. The third kappa shape index (κ3) is 4.36. The van der Waals surface area contributed by atoms with Gasteiger partial charge in [-0.2, -0.15) is 5.26 Å². The number of nitrogens with zero attached hydrogens (tertiary/aromatic N) is 3. The number of hydrogen-bond donors (Lipinski definition) is 0. The Balaban J connectivity index is 1.06. The van der Waals surface area contributed by atoms with Gasteiger partial charge >= 0.3 is 0 Å². The largest absolute Gasteiger partial charge is 0.457 e. The molecule has 0 saturated carbocycles. The Kier molecular flexibility index (Phi) is 6.50. The van der Waals surface area contributed by atoms with Gasteiger partial charge in [-0.05, 0) is 81.9 Å². The molecule has 2 aliphatic rings. The molecule has 0 bridgehead atoms. The Morgan fingerprint density at radius 1 is 0.426 bits per heavy atom. The monoisotopic (exact) mass is 687 g/mol. The van der Waals surface area contributed by atoms with Crippen molar-refractivity contribution >= 4 is 21.8 Å². The van der Waals surface area contributed by atoms with Crippen molar-refractivity contribution < 1.29 is 4.74 Å². The number of ether oxygens (including phenoxy) is 1. The van der Waals surface area contributed by atoms with E-state index in [1.54, 1.807) is 0 Å². The van der Waals surface area contributed by atoms with Gasteiger partial charge in [0.1, 0.15) is 11.5 Å². The number of hydrogen-bond acceptors (Lipinski definition) is 4. The van der Waals surface area contributed by atoms with Crippen LogP contribution in [0.25, 0.3) is 66.6 Å². The number of benzene rings is 7. The lowest BCUT2D eigenvalue weighted by molar-refractivity contribution is 0.436. The van der Waals surface area contributed by atoms with E-state index in [-0.39, 0.29) is 0 Å². The van der Waals surface area contributed by atoms with Crippen LogP contribution in [0, 0.1) is 11.3 Å². The molecule has 1 aliphatic carbocycles. The van der Waals surface area contributed by atoms with Gasteiger partial charge in [0, 0.05) is 33.0 Å². The van der Waals surface area contributed by atoms with E-state index < -0.39 is 5.41 Å². The summed E-state index contributed by atoms with van der Waals surface area (Å²) in [7, 11) is 0. The fraction of sp³-hybridized carbons (Fsp3) is 0.0200. The summed E-state index contributed by atoms with van der Waals surface area (Å²) >= 11 is 0. The zero-order chi connectivity index (χ0) is 35.8. The number of aromatic nitrogens is 2. The van der Waals surface area contributed by atoms with Crippen LogP contribution in [0.3, 0.4) is 0 Å². The van der Waals surface area contributed by atoms with Crippen molar-refractivity contribution in [2.24, 2.45) is 0 Å². The van der Waals surface area contributed by atoms with E-state index in [2.05, 4.69) is 152 Å². The number of rotatable bonds is 3. The van der Waals surface area contributed by atoms with Crippen molar-refractivity contribution in [3.8, 4) is 62.3 Å². The molecule has 250 valence electrons. The van der Waals surface area contributed by atoms with Crippen LogP contribution < -0.4 is 4.74 Å². The molecule has 9 aromatic rings. The van der Waals surface area contributed by atoms with Crippen LogP contribution in [0.15, 0.2) is 176 Å². The van der Waals surface area contributed by atoms with Crippen molar-refractivity contribution in [1.82, 2.24) is 9.97 Å². The molecule has 54 heavy (non-hydrogen) atoms. The van der Waals surface area contributed by atoms with Crippen LogP contribution in [0.5, 0.6) is 11.5 Å². The zero-order valence-electron chi connectivity index (χ0n) is 29.0. The van der Waals surface area contributed by atoms with Gasteiger partial charge in [-0.3, -0.25) is 0 Å². The second-order valence-electron chi connectivity index (χ2n) is 14.0. The molecule has 4 heteroatoms. The molecule has 11 rings (SSSR count). The predicted molar refractivity (Wildman–Crippen MR) is 215 cm³/mol. The number of pyridine rings is 2. The molecule has 0 amide bonds. The summed E-state index contributed by atoms with van der Waals surface area (Å²) in [6.07, 6.45) is 0. The highest BCUT2D eigenvalue weighted by Crippen LogP contribution is 2.62. The molecule has 1 aliphatic heterocycles. The molecule has 0 saturated heterocycles. The molecule has 2 aromatic heterocycles. The number of fused-ring (bicyclic) bond motifs is 12. The topological polar surface area (TPSA) is 58.8 Å². The zero-order valence-corrected chi connectivity index (χ0v) is 29.0. The Hall–Kier alpha value is -7.35. The first-order valence-corrected chi connectivity index (χ1v) is 18.1. The summed E-state index contributed by atoms with van der Waals surface area (Å²) in [5.41, 5.74) is 15.0. The van der Waals surface area contributed by atoms with Gasteiger partial charge in [0.15, 0.2) is 0 Å². The third-order valence-electron chi connectivity index (χ3n) is 11.1. The Morgan fingerprint density at radius 2 is 0.963 bits per heavy atom. The van der Waals surface area contributed by atoms with Gasteiger partial charge in [-0.25, -0.2) is 9.97 Å². The highest BCUT2D eigenvalue weighted by Gasteiger charge is 2.51. The SMILES string of the molecule is N#Cc1cccc(-c2ccc3ccc4ccc(-c5cccc(-c6ccc7c(c6)C6(c8ccccc8O7)c7ccccc7-c7ccccc76)c5)nc4c3n2)c1. The van der Waals surface area contributed by atoms with E-state index in [1.165, 1.54) is 22.3 Å². The molecule has 3 heterocycles. The maximum atomic E-state index is 9.47. The molecule has 0 atom stereocenters. The Morgan fingerprint density at radius 3 is 1.65 bits per heavy atom. The summed E-state index contributed by atoms with van der Waals surface area (Å²) in [6, 6.07) is 63.7. The summed E-state index contributed by atoms with van der Waals surface area (Å²) in [4.78, 5) is 10.3. The molecule has 0 N–H and O–H groups in total. The normalized spacial score (nSPS) is 13.1. The maximum Gasteiger partial charge on any atom is 0.132 e. The lowest BCUT2D eigenvalue weighted by atomic mass is 9.66. The molecule has 0 unspecified atom stereocenters. The van der Waals surface area contributed by atoms with E-state index in [1.807, 2.05) is 30.3 Å². The van der Waals surface area contributed by atoms with E-state index in [4.69, 9.17) is 14.7 Å². The van der Waals surface area contributed by atoms with Crippen molar-refractivity contribution in [2.45, 2.75) is 5.41 Å². The van der Waals surface area contributed by atoms with Gasteiger partial charge in [0.05, 0.1) is 39.5 Å². The minimum atomic E-state index is -0.520. The lowest BCUT2D eigenvalue weighted by Gasteiger charge is -2.39. The first kappa shape index (κ1) is 30.3. The maximum absolute atomic E-state index is 9.47. The van der Waals surface area contributed by atoms with E-state index in [0.717, 1.165) is 78.1 Å². The van der Waals surface area contributed by atoms with Gasteiger partial charge in [-0.15, -0.1) is 0 Å². The molecule has 0 fully saturated rings. The smallest absolute Gasteiger partial charge is 0.132 e. The van der Waals surface area contributed by atoms with Crippen LogP contribution in [-0.2, 0) is 5.41 Å². The standard InChI is InChI=1S/C50H29N3O/c51-30-31-9-7-11-36(27-31)44-24-21-32-19-20-33-22-25-45(53-49(33)48(32)52-44)37-12-8-10-34(28-37)35-23-26-47-43(29-35)50(42-17-5-6-18-46(42)54-47)40-15-3-1-13-38(40)39-14-2-4-16-41(39)50/h1-29H. The molecule has 7 aromatic carbocycles. The predicted octanol–water partition coefficient (Wildman–Crippen LogP) is 12.1. The second-order valence-corrected chi connectivity index (χ2v) is 14.0. The minimum absolute atomic E-state index is 0.520. The van der Waals surface area contributed by atoms with E-state index >= 15 is 0 Å². The van der Waals surface area contributed by atoms with Crippen LogP contribution in [0.2, 0.25) is 0 Å². The van der Waals surface area contributed by atoms with Crippen LogP contribution in [-0.4, -0.2) is 9.97 Å². The molecular formula is C50H29N3O. The first-order valence-electron chi connectivity index (χ1n) is 18.1. The van der Waals surface area contributed by atoms with Crippen molar-refractivity contribution in [2.75, 3.05) is 0 Å². The van der Waals surface area contributed by atoms with Gasteiger partial charge in [0.2, 0.25) is 0 Å². The summed E-state index contributed by atoms with van der Waals surface area (Å²) in [5.74, 6) is 1.76. The molecular weight excluding hydrogens is 659 g/mol. The Labute approximate surface area is 312 Å². The molecule has 4 nitrogen and oxygen atoms in total. The third-order valence-corrected chi connectivity index (χ3v) is 11.1. The summed E-state index contributed by atoms with van der Waals surface area (Å²) < 4.78 is 6.67. The highest BCUT2D eigenvalue weighted by molar-refractivity contribution is 6.04. The quantitative estimate of drug-likeness (QED) is 0.174. The van der Waals surface area contributed by atoms with Crippen LogP contribution in [0.1, 0.15) is 27.8 Å². The second kappa shape index (κ2) is 11.6. The number of para-hydroxylation sites is 1. The van der Waals surface area contributed by atoms with Gasteiger partial charge in [0.25, 0.3) is 0 Å². The molecule has 0 radical (unpaired) electrons. The van der Waals surface area contributed by atoms with E-state index in [0.29, 0.717) is 5.56 Å². The van der Waals surface area contributed by atoms with Gasteiger partial charge < -0.3 is 4.74 Å². The van der Waals surface area contributed by atoms with Crippen LogP contribution >= 0.6 is 0 Å². The fourth-order valence-electron chi connectivity index (χ4n) is 8.73. The highest BCUT2D eigenvalue weighted by atomic mass is 16.5. The van der Waals surface area contributed by atoms with E-state index in [9.17, 15) is 5.26 Å². The van der Waals surface area contributed by atoms with Gasteiger partial charge in [-0.1, -0.05) is 127 Å². The minimum Gasteiger partial charge on any atom is -0.457 e. The Bertz CT molecular complexity index is 3020. The number of nitriles is 1. The van der Waals surface area contributed by atoms with Crippen molar-refractivity contribution in [3.05, 3.63) is 204 Å². The molecule has 1 spiro atoms. The average Bonchev–Trinajstić information content (AvgIpc) is 3.54. The van der Waals surface area contributed by atoms with Crippen molar-refractivity contribution in [3.63, 3.8) is 0 Å². The summed E-state index contributed by atoms with van der Waals surface area (Å²) in [5, 5.41) is 11.5. The van der Waals surface area contributed by atoms with Crippen LogP contribution in [0.4, 0.5) is 0 Å². The lowest BCUT2D eigenvalue weighted by Crippen LogP contribution is -2.32. The summed E-state index contributed by atoms with van der Waals surface area (Å²) in [6.45, 7) is 0.